The van der Waals surface area contributed by atoms with Crippen molar-refractivity contribution in [2.75, 3.05) is 0 Å². The first kappa shape index (κ1) is 50.4. The van der Waals surface area contributed by atoms with Crippen LogP contribution < -0.4 is 37.7 Å². The summed E-state index contributed by atoms with van der Waals surface area (Å²) < 4.78 is 0. The molecule has 0 radical (unpaired) electrons. The molecule has 0 rings (SSSR count). The van der Waals surface area contributed by atoms with E-state index in [1.54, 1.807) is 0 Å². The van der Waals surface area contributed by atoms with Crippen molar-refractivity contribution in [3.8, 4) is 0 Å². The Morgan fingerprint density at radius 2 is 1.00 bits per heavy atom. The summed E-state index contributed by atoms with van der Waals surface area (Å²) in [5.41, 5.74) is 0. The van der Waals surface area contributed by atoms with Gasteiger partial charge < -0.3 is 2.85 Å². The molecule has 0 aliphatic carbocycles. The molecule has 0 amide bonds. The van der Waals surface area contributed by atoms with Gasteiger partial charge in [0.15, 0.2) is 0 Å². The van der Waals surface area contributed by atoms with E-state index in [0.29, 0.717) is 0 Å². The van der Waals surface area contributed by atoms with Crippen molar-refractivity contribution in [3.05, 3.63) is 0 Å². The minimum absolute atomic E-state index is 0. The molecule has 0 fully saturated rings. The Kier molecular flexibility index (Phi) is 313. The molecular formula is H5FLi2S. The SMILES string of the molecule is F.S.[H-].[H-].[Li+].[Li+]. The third kappa shape index (κ3) is 9.78. The predicted molar refractivity (Wildman–Crippen MR) is 15.1 cm³/mol. The van der Waals surface area contributed by atoms with Crippen LogP contribution in [-0.2, 0) is 0 Å². The number of rotatable bonds is 0. The maximum absolute atomic E-state index is 0. The van der Waals surface area contributed by atoms with E-state index in [2.05, 4.69) is 0 Å². The van der Waals surface area contributed by atoms with Crippen molar-refractivity contribution >= 4 is 13.5 Å². The van der Waals surface area contributed by atoms with Crippen LogP contribution in [0.1, 0.15) is 2.85 Å². The fourth-order valence-electron chi connectivity index (χ4n) is 0. The Morgan fingerprint density at radius 3 is 1.00 bits per heavy atom. The van der Waals surface area contributed by atoms with Crippen LogP contribution in [0.25, 0.3) is 0 Å². The molecule has 0 aromatic carbocycles. The number of halogens is 1. The zero-order valence-electron chi connectivity index (χ0n) is 4.91. The molecule has 0 aromatic heterocycles. The molecular weight excluding hydrogens is 64.9 g/mol. The van der Waals surface area contributed by atoms with Gasteiger partial charge in [0.25, 0.3) is 0 Å². The molecule has 0 nitrogen and oxygen atoms in total. The summed E-state index contributed by atoms with van der Waals surface area (Å²) in [7, 11) is 0. The van der Waals surface area contributed by atoms with Crippen LogP contribution >= 0.6 is 13.5 Å². The largest absolute Gasteiger partial charge is 1.00 e. The standard InChI is InChI=1S/FH.2Li.H2S.2H/h1H;;;1H2;;/q;2*+1;;2*-1. The summed E-state index contributed by atoms with van der Waals surface area (Å²) in [5, 5.41) is 0. The average molecular weight is 70.0 g/mol. The summed E-state index contributed by atoms with van der Waals surface area (Å²) in [6, 6.07) is 0. The first-order valence-electron chi connectivity index (χ1n) is 0. The maximum Gasteiger partial charge on any atom is 1.00 e. The van der Waals surface area contributed by atoms with E-state index in [1.165, 1.54) is 0 Å². The Balaban J connectivity index is 0. The molecule has 0 saturated carbocycles. The van der Waals surface area contributed by atoms with Crippen molar-refractivity contribution in [1.29, 1.82) is 0 Å². The molecule has 0 atom stereocenters. The Hall–Kier alpha value is 1.47. The molecule has 0 aromatic rings. The van der Waals surface area contributed by atoms with E-state index in [9.17, 15) is 0 Å². The second kappa shape index (κ2) is 24.8. The van der Waals surface area contributed by atoms with Crippen LogP contribution in [0.15, 0.2) is 0 Å². The quantitative estimate of drug-likeness (QED) is 0.249. The predicted octanol–water partition coefficient (Wildman–Crippen LogP) is -5.50. The topological polar surface area (TPSA) is 0 Å². The molecule has 4 heteroatoms. The summed E-state index contributed by atoms with van der Waals surface area (Å²) in [6.07, 6.45) is 0. The molecule has 0 heterocycles. The van der Waals surface area contributed by atoms with Crippen LogP contribution in [0.4, 0.5) is 4.70 Å². The van der Waals surface area contributed by atoms with E-state index in [-0.39, 0.29) is 58.8 Å². The zero-order chi connectivity index (χ0) is 0. The van der Waals surface area contributed by atoms with Crippen LogP contribution in [0.2, 0.25) is 0 Å². The van der Waals surface area contributed by atoms with Gasteiger partial charge in [-0.25, -0.2) is 0 Å². The fraction of sp³-hybridized carbons (Fsp3) is 0. The first-order valence-corrected chi connectivity index (χ1v) is 0. The van der Waals surface area contributed by atoms with Gasteiger partial charge in [0.1, 0.15) is 0 Å². The normalized spacial score (nSPS) is 0. The monoisotopic (exact) mass is 70.0 g/mol. The molecule has 0 aliphatic heterocycles. The molecule has 0 bridgehead atoms. The fourth-order valence-corrected chi connectivity index (χ4v) is 0. The molecule has 0 aliphatic rings. The number of hydrogen-bond acceptors (Lipinski definition) is 0. The van der Waals surface area contributed by atoms with Crippen molar-refractivity contribution in [1.82, 2.24) is 0 Å². The van der Waals surface area contributed by atoms with Gasteiger partial charge in [0.2, 0.25) is 0 Å². The zero-order valence-corrected chi connectivity index (χ0v) is 3.91. The summed E-state index contributed by atoms with van der Waals surface area (Å²) in [4.78, 5) is 0. The molecule has 0 saturated heterocycles. The molecule has 0 spiro atoms. The van der Waals surface area contributed by atoms with Gasteiger partial charge in [-0.05, 0) is 0 Å². The van der Waals surface area contributed by atoms with Crippen molar-refractivity contribution < 1.29 is 45.3 Å². The molecule has 4 heavy (non-hydrogen) atoms. The first-order chi connectivity index (χ1) is 0. The van der Waals surface area contributed by atoms with E-state index < -0.39 is 0 Å². The van der Waals surface area contributed by atoms with E-state index in [1.807, 2.05) is 0 Å². The third-order valence-corrected chi connectivity index (χ3v) is 0. The van der Waals surface area contributed by atoms with Crippen LogP contribution in [0, 0.1) is 0 Å². The molecule has 0 N–H and O–H groups in total. The van der Waals surface area contributed by atoms with Gasteiger partial charge in [0.05, 0.1) is 0 Å². The number of hydrogen-bond donors (Lipinski definition) is 0. The third-order valence-electron chi connectivity index (χ3n) is 0. The van der Waals surface area contributed by atoms with Crippen molar-refractivity contribution in [2.45, 2.75) is 0 Å². The Morgan fingerprint density at radius 1 is 1.00 bits per heavy atom. The van der Waals surface area contributed by atoms with E-state index in [4.69, 9.17) is 0 Å². The Bertz CT molecular complexity index is 11.5. The molecule has 0 unspecified atom stereocenters. The summed E-state index contributed by atoms with van der Waals surface area (Å²) in [6.45, 7) is 0. The van der Waals surface area contributed by atoms with Gasteiger partial charge in [0, 0.05) is 0 Å². The van der Waals surface area contributed by atoms with Gasteiger partial charge >= 0.3 is 37.7 Å². The summed E-state index contributed by atoms with van der Waals surface area (Å²) in [5.74, 6) is 0. The minimum atomic E-state index is 0. The van der Waals surface area contributed by atoms with Gasteiger partial charge in [-0.3, -0.25) is 4.70 Å². The maximum atomic E-state index is 0. The van der Waals surface area contributed by atoms with E-state index >= 15 is 0 Å². The Labute approximate surface area is 58.9 Å². The van der Waals surface area contributed by atoms with Crippen LogP contribution in [0.5, 0.6) is 0 Å². The average Bonchev–Trinajstić information content (AvgIpc) is 0. The second-order valence-electron chi connectivity index (χ2n) is 0. The smallest absolute Gasteiger partial charge is 1.00 e. The van der Waals surface area contributed by atoms with Gasteiger partial charge in [-0.2, -0.15) is 13.5 Å². The van der Waals surface area contributed by atoms with Crippen molar-refractivity contribution in [3.63, 3.8) is 0 Å². The van der Waals surface area contributed by atoms with Crippen LogP contribution in [0.3, 0.4) is 0 Å². The summed E-state index contributed by atoms with van der Waals surface area (Å²) >= 11 is 0. The van der Waals surface area contributed by atoms with Gasteiger partial charge in [-0.15, -0.1) is 0 Å². The van der Waals surface area contributed by atoms with E-state index in [0.717, 1.165) is 0 Å². The van der Waals surface area contributed by atoms with Crippen LogP contribution in [-0.4, -0.2) is 0 Å². The molecule has 20 valence electrons. The van der Waals surface area contributed by atoms with Crippen molar-refractivity contribution in [2.24, 2.45) is 0 Å². The van der Waals surface area contributed by atoms with Gasteiger partial charge in [-0.1, -0.05) is 0 Å². The minimum Gasteiger partial charge on any atom is -1.00 e. The second-order valence-corrected chi connectivity index (χ2v) is 0.